The highest BCUT2D eigenvalue weighted by Crippen LogP contribution is 2.04. The fraction of sp³-hybridized carbons (Fsp3) is 0.211. The summed E-state index contributed by atoms with van der Waals surface area (Å²) in [6, 6.07) is 19.1. The molecule has 1 atom stereocenters. The summed E-state index contributed by atoms with van der Waals surface area (Å²) < 4.78 is 5.71. The molecule has 2 aromatic rings. The van der Waals surface area contributed by atoms with Crippen LogP contribution in [0.4, 0.5) is 0 Å². The number of hydrogen-bond donors (Lipinski definition) is 1. The molecule has 0 saturated carbocycles. The van der Waals surface area contributed by atoms with Crippen molar-refractivity contribution in [2.24, 2.45) is 0 Å². The van der Waals surface area contributed by atoms with Gasteiger partial charge in [0, 0.05) is 5.56 Å². The van der Waals surface area contributed by atoms with Crippen molar-refractivity contribution in [2.45, 2.75) is 19.1 Å². The summed E-state index contributed by atoms with van der Waals surface area (Å²) in [7, 11) is 0. The molecule has 0 fully saturated rings. The van der Waals surface area contributed by atoms with Crippen LogP contribution in [0.5, 0.6) is 0 Å². The smallest absolute Gasteiger partial charge is 0.251 e. The maximum absolute atomic E-state index is 12.2. The summed E-state index contributed by atoms with van der Waals surface area (Å²) in [4.78, 5) is 12.2. The zero-order valence-corrected chi connectivity index (χ0v) is 12.6. The zero-order valence-electron chi connectivity index (χ0n) is 12.6. The predicted molar refractivity (Wildman–Crippen MR) is 88.6 cm³/mol. The summed E-state index contributed by atoms with van der Waals surface area (Å²) in [5.41, 5.74) is 1.77. The standard InChI is InChI=1S/C19H21NO2/c1-2-9-18(15-22-14-16-10-5-3-6-11-16)20-19(21)17-12-7-4-8-13-17/h2-8,10-13,18H,1,9,14-15H2,(H,20,21)/t18-/m0/s1. The van der Waals surface area contributed by atoms with Gasteiger partial charge in [-0.15, -0.1) is 6.58 Å². The second-order valence-corrected chi connectivity index (χ2v) is 5.06. The molecule has 0 aliphatic carbocycles. The third-order valence-corrected chi connectivity index (χ3v) is 3.25. The quantitative estimate of drug-likeness (QED) is 0.756. The highest BCUT2D eigenvalue weighted by Gasteiger charge is 2.12. The molecule has 0 aromatic heterocycles. The first-order chi connectivity index (χ1) is 10.8. The van der Waals surface area contributed by atoms with Crippen LogP contribution in [0.25, 0.3) is 0 Å². The number of nitrogens with one attached hydrogen (secondary N) is 1. The lowest BCUT2D eigenvalue weighted by Crippen LogP contribution is -2.37. The largest absolute Gasteiger partial charge is 0.375 e. The van der Waals surface area contributed by atoms with E-state index in [1.165, 1.54) is 0 Å². The van der Waals surface area contributed by atoms with E-state index < -0.39 is 0 Å². The topological polar surface area (TPSA) is 38.3 Å². The van der Waals surface area contributed by atoms with Gasteiger partial charge in [0.25, 0.3) is 5.91 Å². The first-order valence-electron chi connectivity index (χ1n) is 7.38. The van der Waals surface area contributed by atoms with Crippen LogP contribution >= 0.6 is 0 Å². The summed E-state index contributed by atoms with van der Waals surface area (Å²) in [5, 5.41) is 2.99. The minimum Gasteiger partial charge on any atom is -0.375 e. The van der Waals surface area contributed by atoms with Gasteiger partial charge in [-0.2, -0.15) is 0 Å². The Hall–Kier alpha value is -2.39. The number of amides is 1. The van der Waals surface area contributed by atoms with Crippen molar-refractivity contribution < 1.29 is 9.53 Å². The first-order valence-corrected chi connectivity index (χ1v) is 7.38. The van der Waals surface area contributed by atoms with E-state index in [-0.39, 0.29) is 11.9 Å². The molecule has 114 valence electrons. The van der Waals surface area contributed by atoms with Crippen molar-refractivity contribution >= 4 is 5.91 Å². The molecule has 2 aromatic carbocycles. The fourth-order valence-corrected chi connectivity index (χ4v) is 2.12. The zero-order chi connectivity index (χ0) is 15.6. The monoisotopic (exact) mass is 295 g/mol. The van der Waals surface area contributed by atoms with Crippen LogP contribution < -0.4 is 5.32 Å². The highest BCUT2D eigenvalue weighted by molar-refractivity contribution is 5.94. The Balaban J connectivity index is 1.84. The number of benzene rings is 2. The van der Waals surface area contributed by atoms with Crippen molar-refractivity contribution in [3.63, 3.8) is 0 Å². The minimum absolute atomic E-state index is 0.0751. The lowest BCUT2D eigenvalue weighted by molar-refractivity contribution is 0.0801. The second-order valence-electron chi connectivity index (χ2n) is 5.06. The number of carbonyl (C=O) groups excluding carboxylic acids is 1. The van der Waals surface area contributed by atoms with Gasteiger partial charge in [0.2, 0.25) is 0 Å². The molecule has 0 bridgehead atoms. The van der Waals surface area contributed by atoms with Crippen molar-refractivity contribution in [3.05, 3.63) is 84.4 Å². The van der Waals surface area contributed by atoms with Crippen molar-refractivity contribution in [3.8, 4) is 0 Å². The van der Waals surface area contributed by atoms with Gasteiger partial charge in [-0.1, -0.05) is 54.6 Å². The number of carbonyl (C=O) groups is 1. The summed E-state index contributed by atoms with van der Waals surface area (Å²) in [5.74, 6) is -0.0873. The van der Waals surface area contributed by atoms with E-state index in [1.807, 2.05) is 48.5 Å². The Labute approximate surface area is 131 Å². The van der Waals surface area contributed by atoms with Gasteiger partial charge in [0.1, 0.15) is 0 Å². The summed E-state index contributed by atoms with van der Waals surface area (Å²) in [6.07, 6.45) is 2.47. The molecule has 1 N–H and O–H groups in total. The third kappa shape index (κ3) is 5.19. The second kappa shape index (κ2) is 8.80. The Bertz CT molecular complexity index is 581. The number of rotatable bonds is 8. The summed E-state index contributed by atoms with van der Waals surface area (Å²) >= 11 is 0. The molecular weight excluding hydrogens is 274 g/mol. The molecule has 3 nitrogen and oxygen atoms in total. The van der Waals surface area contributed by atoms with Crippen LogP contribution in [0, 0.1) is 0 Å². The summed E-state index contributed by atoms with van der Waals surface area (Å²) in [6.45, 7) is 4.74. The van der Waals surface area contributed by atoms with E-state index in [9.17, 15) is 4.79 Å². The predicted octanol–water partition coefficient (Wildman–Crippen LogP) is 3.58. The van der Waals surface area contributed by atoms with E-state index in [4.69, 9.17) is 4.74 Å². The lowest BCUT2D eigenvalue weighted by Gasteiger charge is -2.17. The van der Waals surface area contributed by atoms with Gasteiger partial charge >= 0.3 is 0 Å². The molecule has 0 radical (unpaired) electrons. The third-order valence-electron chi connectivity index (χ3n) is 3.25. The molecule has 0 spiro atoms. The van der Waals surface area contributed by atoms with Gasteiger partial charge < -0.3 is 10.1 Å². The molecule has 0 saturated heterocycles. The average Bonchev–Trinajstić information content (AvgIpc) is 2.57. The first kappa shape index (κ1) is 16.0. The number of ether oxygens (including phenoxy) is 1. The van der Waals surface area contributed by atoms with Crippen molar-refractivity contribution in [2.75, 3.05) is 6.61 Å². The highest BCUT2D eigenvalue weighted by atomic mass is 16.5. The van der Waals surface area contributed by atoms with E-state index >= 15 is 0 Å². The minimum atomic E-state index is -0.0873. The van der Waals surface area contributed by atoms with Crippen LogP contribution in [0.1, 0.15) is 22.3 Å². The average molecular weight is 295 g/mol. The van der Waals surface area contributed by atoms with Crippen molar-refractivity contribution in [1.82, 2.24) is 5.32 Å². The Morgan fingerprint density at radius 3 is 2.36 bits per heavy atom. The van der Waals surface area contributed by atoms with Gasteiger partial charge in [0.05, 0.1) is 19.3 Å². The normalized spacial score (nSPS) is 11.6. The van der Waals surface area contributed by atoms with Crippen LogP contribution in [-0.2, 0) is 11.3 Å². The van der Waals surface area contributed by atoms with Crippen LogP contribution in [0.2, 0.25) is 0 Å². The molecule has 0 aliphatic heterocycles. The van der Waals surface area contributed by atoms with Gasteiger partial charge in [-0.3, -0.25) is 4.79 Å². The van der Waals surface area contributed by atoms with E-state index in [0.717, 1.165) is 5.56 Å². The van der Waals surface area contributed by atoms with Gasteiger partial charge in [-0.05, 0) is 24.1 Å². The molecule has 1 amide bonds. The van der Waals surface area contributed by atoms with E-state index in [2.05, 4.69) is 11.9 Å². The fourth-order valence-electron chi connectivity index (χ4n) is 2.12. The molecule has 0 heterocycles. The van der Waals surface area contributed by atoms with Crippen LogP contribution in [-0.4, -0.2) is 18.6 Å². The van der Waals surface area contributed by atoms with Gasteiger partial charge in [-0.25, -0.2) is 0 Å². The molecule has 0 aliphatic rings. The van der Waals surface area contributed by atoms with E-state index in [1.54, 1.807) is 18.2 Å². The molecule has 0 unspecified atom stereocenters. The molecule has 3 heteroatoms. The maximum Gasteiger partial charge on any atom is 0.251 e. The Morgan fingerprint density at radius 2 is 1.73 bits per heavy atom. The van der Waals surface area contributed by atoms with Gasteiger partial charge in [0.15, 0.2) is 0 Å². The SMILES string of the molecule is C=CC[C@@H](COCc1ccccc1)NC(=O)c1ccccc1. The Kier molecular flexibility index (Phi) is 6.39. The van der Waals surface area contributed by atoms with Crippen LogP contribution in [0.3, 0.4) is 0 Å². The molecule has 2 rings (SSSR count). The Morgan fingerprint density at radius 1 is 1.09 bits per heavy atom. The lowest BCUT2D eigenvalue weighted by atomic mass is 10.1. The number of hydrogen-bond acceptors (Lipinski definition) is 2. The van der Waals surface area contributed by atoms with E-state index in [0.29, 0.717) is 25.2 Å². The van der Waals surface area contributed by atoms with Crippen molar-refractivity contribution in [1.29, 1.82) is 0 Å². The molecular formula is C19H21NO2. The molecule has 22 heavy (non-hydrogen) atoms. The maximum atomic E-state index is 12.2. The van der Waals surface area contributed by atoms with Crippen LogP contribution in [0.15, 0.2) is 73.3 Å².